The molecule has 1 aliphatic rings. The van der Waals surface area contributed by atoms with Crippen molar-refractivity contribution in [3.05, 3.63) is 56.0 Å². The lowest BCUT2D eigenvalue weighted by molar-refractivity contribution is -0.384. The minimum atomic E-state index is -0.509. The maximum absolute atomic E-state index is 12.5. The second-order valence-corrected chi connectivity index (χ2v) is 6.38. The van der Waals surface area contributed by atoms with Gasteiger partial charge in [0.1, 0.15) is 5.02 Å². The number of nitro benzene ring substituents is 1. The van der Waals surface area contributed by atoms with Gasteiger partial charge in [-0.2, -0.15) is 9.78 Å². The third kappa shape index (κ3) is 4.01. The Labute approximate surface area is 154 Å². The predicted molar refractivity (Wildman–Crippen MR) is 97.2 cm³/mol. The SMILES string of the molecule is CN1CCOC(CNc2cnn(-c3ccc([N+](=O)[O-])cc3)c(=O)c2Cl)C1. The van der Waals surface area contributed by atoms with E-state index < -0.39 is 10.5 Å². The van der Waals surface area contributed by atoms with Crippen LogP contribution in [0.4, 0.5) is 11.4 Å². The molecule has 1 fully saturated rings. The summed E-state index contributed by atoms with van der Waals surface area (Å²) in [5.74, 6) is 0. The third-order valence-electron chi connectivity index (χ3n) is 4.09. The molecule has 138 valence electrons. The largest absolute Gasteiger partial charge is 0.380 e. The van der Waals surface area contributed by atoms with E-state index in [1.807, 2.05) is 7.05 Å². The first-order chi connectivity index (χ1) is 12.5. The van der Waals surface area contributed by atoms with Crippen molar-refractivity contribution in [2.45, 2.75) is 6.10 Å². The van der Waals surface area contributed by atoms with Crippen molar-refractivity contribution in [3.63, 3.8) is 0 Å². The Balaban J connectivity index is 1.75. The molecule has 0 radical (unpaired) electrons. The van der Waals surface area contributed by atoms with Crippen LogP contribution in [0.5, 0.6) is 0 Å². The Morgan fingerprint density at radius 1 is 1.42 bits per heavy atom. The lowest BCUT2D eigenvalue weighted by Crippen LogP contribution is -2.43. The molecule has 3 rings (SSSR count). The van der Waals surface area contributed by atoms with Crippen molar-refractivity contribution in [2.75, 3.05) is 38.6 Å². The maximum Gasteiger partial charge on any atom is 0.292 e. The van der Waals surface area contributed by atoms with E-state index >= 15 is 0 Å². The first-order valence-electron chi connectivity index (χ1n) is 8.02. The van der Waals surface area contributed by atoms with Gasteiger partial charge < -0.3 is 15.0 Å². The first kappa shape index (κ1) is 18.3. The maximum atomic E-state index is 12.5. The highest BCUT2D eigenvalue weighted by atomic mass is 35.5. The van der Waals surface area contributed by atoms with E-state index in [1.54, 1.807) is 0 Å². The van der Waals surface area contributed by atoms with E-state index in [-0.39, 0.29) is 16.8 Å². The van der Waals surface area contributed by atoms with Crippen LogP contribution >= 0.6 is 11.6 Å². The number of anilines is 1. The number of ether oxygens (including phenoxy) is 1. The fourth-order valence-electron chi connectivity index (χ4n) is 2.67. The molecule has 0 aliphatic carbocycles. The Morgan fingerprint density at radius 2 is 2.15 bits per heavy atom. The fourth-order valence-corrected chi connectivity index (χ4v) is 2.87. The zero-order valence-corrected chi connectivity index (χ0v) is 14.8. The van der Waals surface area contributed by atoms with Crippen LogP contribution in [-0.4, -0.2) is 59.0 Å². The molecule has 2 aromatic rings. The van der Waals surface area contributed by atoms with Crippen molar-refractivity contribution in [3.8, 4) is 5.69 Å². The Hall–Kier alpha value is -2.49. The fraction of sp³-hybridized carbons (Fsp3) is 0.375. The average Bonchev–Trinajstić information content (AvgIpc) is 2.63. The molecule has 1 aromatic carbocycles. The topological polar surface area (TPSA) is 103 Å². The highest BCUT2D eigenvalue weighted by Gasteiger charge is 2.18. The van der Waals surface area contributed by atoms with Crippen molar-refractivity contribution in [1.29, 1.82) is 0 Å². The van der Waals surface area contributed by atoms with Crippen molar-refractivity contribution >= 4 is 23.0 Å². The number of morpholine rings is 1. The highest BCUT2D eigenvalue weighted by molar-refractivity contribution is 6.32. The second kappa shape index (κ2) is 7.81. The van der Waals surface area contributed by atoms with E-state index in [9.17, 15) is 14.9 Å². The van der Waals surface area contributed by atoms with Gasteiger partial charge in [0.25, 0.3) is 11.2 Å². The molecule has 10 heteroatoms. The number of benzene rings is 1. The molecule has 1 saturated heterocycles. The van der Waals surface area contributed by atoms with E-state index in [4.69, 9.17) is 16.3 Å². The smallest absolute Gasteiger partial charge is 0.292 e. The van der Waals surface area contributed by atoms with Crippen LogP contribution in [-0.2, 0) is 4.74 Å². The normalized spacial score (nSPS) is 17.8. The molecule has 2 heterocycles. The number of nitro groups is 1. The first-order valence-corrected chi connectivity index (χ1v) is 8.40. The van der Waals surface area contributed by atoms with Crippen LogP contribution in [0.1, 0.15) is 0 Å². The summed E-state index contributed by atoms with van der Waals surface area (Å²) < 4.78 is 6.76. The van der Waals surface area contributed by atoms with Crippen LogP contribution in [0.3, 0.4) is 0 Å². The molecule has 0 bridgehead atoms. The Morgan fingerprint density at radius 3 is 2.81 bits per heavy atom. The summed E-state index contributed by atoms with van der Waals surface area (Å²) in [7, 11) is 2.02. The summed E-state index contributed by atoms with van der Waals surface area (Å²) in [6.45, 7) is 2.85. The number of nitrogens with zero attached hydrogens (tertiary/aromatic N) is 4. The molecular formula is C16H18ClN5O4. The summed E-state index contributed by atoms with van der Waals surface area (Å²) in [4.78, 5) is 24.8. The van der Waals surface area contributed by atoms with Gasteiger partial charge in [-0.1, -0.05) is 11.6 Å². The monoisotopic (exact) mass is 379 g/mol. The van der Waals surface area contributed by atoms with Gasteiger partial charge in [0.05, 0.1) is 35.2 Å². The summed E-state index contributed by atoms with van der Waals surface area (Å²) >= 11 is 6.18. The number of rotatable bonds is 5. The van der Waals surface area contributed by atoms with Crippen LogP contribution in [0.25, 0.3) is 5.69 Å². The van der Waals surface area contributed by atoms with E-state index in [2.05, 4.69) is 15.3 Å². The van der Waals surface area contributed by atoms with Crippen molar-refractivity contribution < 1.29 is 9.66 Å². The quantitative estimate of drug-likeness (QED) is 0.620. The summed E-state index contributed by atoms with van der Waals surface area (Å²) in [6, 6.07) is 5.50. The molecule has 0 saturated carbocycles. The van der Waals surface area contributed by atoms with Gasteiger partial charge in [0.15, 0.2) is 0 Å². The molecule has 1 aliphatic heterocycles. The van der Waals surface area contributed by atoms with Crippen LogP contribution in [0.2, 0.25) is 5.02 Å². The van der Waals surface area contributed by atoms with E-state index in [1.165, 1.54) is 30.5 Å². The number of hydrogen-bond donors (Lipinski definition) is 1. The highest BCUT2D eigenvalue weighted by Crippen LogP contribution is 2.18. The van der Waals surface area contributed by atoms with Gasteiger partial charge in [0.2, 0.25) is 0 Å². The minimum Gasteiger partial charge on any atom is -0.380 e. The van der Waals surface area contributed by atoms with Gasteiger partial charge in [-0.25, -0.2) is 0 Å². The molecule has 1 N–H and O–H groups in total. The zero-order chi connectivity index (χ0) is 18.7. The van der Waals surface area contributed by atoms with Gasteiger partial charge in [-0.05, 0) is 19.2 Å². The Kier molecular flexibility index (Phi) is 5.50. The van der Waals surface area contributed by atoms with Gasteiger partial charge >= 0.3 is 0 Å². The number of likely N-dealkylation sites (N-methyl/N-ethyl adjacent to an activating group) is 1. The molecule has 1 atom stereocenters. The van der Waals surface area contributed by atoms with Gasteiger partial charge in [-0.15, -0.1) is 0 Å². The van der Waals surface area contributed by atoms with Gasteiger partial charge in [0, 0.05) is 31.8 Å². The zero-order valence-electron chi connectivity index (χ0n) is 14.1. The van der Waals surface area contributed by atoms with Gasteiger partial charge in [-0.3, -0.25) is 14.9 Å². The second-order valence-electron chi connectivity index (χ2n) is 6.00. The Bertz CT molecular complexity index is 855. The summed E-state index contributed by atoms with van der Waals surface area (Å²) in [5, 5.41) is 17.9. The number of non-ortho nitro benzene ring substituents is 1. The van der Waals surface area contributed by atoms with Crippen molar-refractivity contribution in [2.24, 2.45) is 0 Å². The van der Waals surface area contributed by atoms with Crippen LogP contribution < -0.4 is 10.9 Å². The number of hydrogen-bond acceptors (Lipinski definition) is 7. The summed E-state index contributed by atoms with van der Waals surface area (Å²) in [5.41, 5.74) is 0.244. The standard InChI is InChI=1S/C16H18ClN5O4/c1-20-6-7-26-13(10-20)8-18-14-9-19-21(16(23)15(14)17)11-2-4-12(5-3-11)22(24)25/h2-5,9,13,18H,6-8,10H2,1H3. The molecule has 26 heavy (non-hydrogen) atoms. The molecule has 1 aromatic heterocycles. The molecular weight excluding hydrogens is 362 g/mol. The van der Waals surface area contributed by atoms with E-state index in [0.29, 0.717) is 24.5 Å². The number of halogens is 1. The van der Waals surface area contributed by atoms with Crippen LogP contribution in [0.15, 0.2) is 35.3 Å². The lowest BCUT2D eigenvalue weighted by atomic mass is 10.2. The third-order valence-corrected chi connectivity index (χ3v) is 4.45. The molecule has 0 amide bonds. The molecule has 9 nitrogen and oxygen atoms in total. The average molecular weight is 380 g/mol. The molecule has 0 spiro atoms. The van der Waals surface area contributed by atoms with Crippen LogP contribution in [0, 0.1) is 10.1 Å². The van der Waals surface area contributed by atoms with E-state index in [0.717, 1.165) is 17.8 Å². The number of nitrogens with one attached hydrogen (secondary N) is 1. The molecule has 1 unspecified atom stereocenters. The predicted octanol–water partition coefficient (Wildman–Crippen LogP) is 1.54. The minimum absolute atomic E-state index is 0.00178. The number of aromatic nitrogens is 2. The lowest BCUT2D eigenvalue weighted by Gasteiger charge is -2.30. The van der Waals surface area contributed by atoms with Crippen molar-refractivity contribution in [1.82, 2.24) is 14.7 Å². The summed E-state index contributed by atoms with van der Waals surface area (Å²) in [6.07, 6.45) is 1.46.